The molecule has 4 nitrogen and oxygen atoms in total. The van der Waals surface area contributed by atoms with Gasteiger partial charge in [0.05, 0.1) is 16.4 Å². The van der Waals surface area contributed by atoms with Gasteiger partial charge >= 0.3 is 0 Å². The average Bonchev–Trinajstić information content (AvgIpc) is 2.99. The SMILES string of the molecule is Cc1ccccc1CC(=O)Nc1ccc(C(=O)N2CCCCc3sc(Cl)cc32)cc1. The maximum Gasteiger partial charge on any atom is 0.258 e. The van der Waals surface area contributed by atoms with Gasteiger partial charge in [0.1, 0.15) is 0 Å². The molecule has 1 aliphatic rings. The van der Waals surface area contributed by atoms with E-state index in [-0.39, 0.29) is 11.8 Å². The minimum Gasteiger partial charge on any atom is -0.326 e. The second kappa shape index (κ2) is 9.02. The quantitative estimate of drug-likeness (QED) is 0.553. The third-order valence-corrected chi connectivity index (χ3v) is 6.67. The summed E-state index contributed by atoms with van der Waals surface area (Å²) in [6.07, 6.45) is 3.31. The molecule has 0 spiro atoms. The Bertz CT molecular complexity index is 1080. The number of carbonyl (C=O) groups is 2. The van der Waals surface area contributed by atoms with Crippen molar-refractivity contribution in [3.8, 4) is 0 Å². The minimum atomic E-state index is -0.0755. The van der Waals surface area contributed by atoms with Crippen molar-refractivity contribution >= 4 is 46.1 Å². The van der Waals surface area contributed by atoms with E-state index in [1.54, 1.807) is 35.6 Å². The van der Waals surface area contributed by atoms with Crippen LogP contribution in [0, 0.1) is 6.92 Å². The van der Waals surface area contributed by atoms with Crippen LogP contribution in [0.15, 0.2) is 54.6 Å². The molecular formula is C24H23ClN2O2S. The number of hydrogen-bond acceptors (Lipinski definition) is 3. The number of benzene rings is 2. The van der Waals surface area contributed by atoms with Crippen molar-refractivity contribution < 1.29 is 9.59 Å². The van der Waals surface area contributed by atoms with Gasteiger partial charge < -0.3 is 10.2 Å². The minimum absolute atomic E-state index is 0.0367. The molecule has 1 N–H and O–H groups in total. The fourth-order valence-electron chi connectivity index (χ4n) is 3.72. The smallest absolute Gasteiger partial charge is 0.258 e. The summed E-state index contributed by atoms with van der Waals surface area (Å²) in [6, 6.07) is 16.8. The number of hydrogen-bond donors (Lipinski definition) is 1. The molecule has 0 atom stereocenters. The highest BCUT2D eigenvalue weighted by Gasteiger charge is 2.24. The first-order chi connectivity index (χ1) is 14.5. The van der Waals surface area contributed by atoms with E-state index in [4.69, 9.17) is 11.6 Å². The van der Waals surface area contributed by atoms with E-state index >= 15 is 0 Å². The zero-order chi connectivity index (χ0) is 21.1. The number of thiophene rings is 1. The third kappa shape index (κ3) is 4.58. The van der Waals surface area contributed by atoms with Crippen LogP contribution in [0.2, 0.25) is 4.34 Å². The number of anilines is 2. The summed E-state index contributed by atoms with van der Waals surface area (Å²) >= 11 is 7.75. The van der Waals surface area contributed by atoms with Gasteiger partial charge in [0.2, 0.25) is 5.91 Å². The maximum atomic E-state index is 13.1. The zero-order valence-corrected chi connectivity index (χ0v) is 18.4. The van der Waals surface area contributed by atoms with Gasteiger partial charge in [-0.1, -0.05) is 35.9 Å². The van der Waals surface area contributed by atoms with E-state index in [0.29, 0.717) is 28.6 Å². The lowest BCUT2D eigenvalue weighted by Gasteiger charge is -2.21. The summed E-state index contributed by atoms with van der Waals surface area (Å²) in [5.74, 6) is -0.112. The molecule has 0 radical (unpaired) electrons. The van der Waals surface area contributed by atoms with E-state index in [1.807, 2.05) is 42.2 Å². The van der Waals surface area contributed by atoms with E-state index in [1.165, 1.54) is 4.88 Å². The van der Waals surface area contributed by atoms with Crippen molar-refractivity contribution in [1.82, 2.24) is 0 Å². The van der Waals surface area contributed by atoms with Crippen molar-refractivity contribution in [1.29, 1.82) is 0 Å². The number of rotatable bonds is 4. The standard InChI is InChI=1S/C24H23ClN2O2S/c1-16-6-2-3-7-18(16)14-23(28)26-19-11-9-17(10-12-19)24(29)27-13-5-4-8-21-20(27)15-22(25)30-21/h2-3,6-7,9-12,15H,4-5,8,13-14H2,1H3,(H,26,28). The topological polar surface area (TPSA) is 49.4 Å². The second-order valence-corrected chi connectivity index (χ2v) is 9.27. The molecule has 0 fully saturated rings. The van der Waals surface area contributed by atoms with Crippen molar-refractivity contribution in [2.75, 3.05) is 16.8 Å². The first-order valence-corrected chi connectivity index (χ1v) is 11.3. The zero-order valence-electron chi connectivity index (χ0n) is 16.8. The van der Waals surface area contributed by atoms with Crippen LogP contribution in [0.4, 0.5) is 11.4 Å². The summed E-state index contributed by atoms with van der Waals surface area (Å²) in [5, 5.41) is 2.91. The first kappa shape index (κ1) is 20.6. The molecule has 6 heteroatoms. The van der Waals surface area contributed by atoms with Gasteiger partial charge in [0.25, 0.3) is 5.91 Å². The van der Waals surface area contributed by atoms with Gasteiger partial charge in [-0.3, -0.25) is 9.59 Å². The third-order valence-electron chi connectivity index (χ3n) is 5.36. The van der Waals surface area contributed by atoms with E-state index in [9.17, 15) is 9.59 Å². The van der Waals surface area contributed by atoms with Crippen LogP contribution in [0.25, 0.3) is 0 Å². The number of aryl methyl sites for hydroxylation is 2. The molecule has 4 rings (SSSR count). The van der Waals surface area contributed by atoms with E-state index < -0.39 is 0 Å². The van der Waals surface area contributed by atoms with Crippen molar-refractivity contribution in [3.63, 3.8) is 0 Å². The predicted molar refractivity (Wildman–Crippen MR) is 124 cm³/mol. The largest absolute Gasteiger partial charge is 0.326 e. The molecule has 0 saturated carbocycles. The Balaban J connectivity index is 1.45. The first-order valence-electron chi connectivity index (χ1n) is 10.1. The Morgan fingerprint density at radius 3 is 2.63 bits per heavy atom. The molecule has 1 aliphatic heterocycles. The van der Waals surface area contributed by atoms with Crippen LogP contribution < -0.4 is 10.2 Å². The summed E-state index contributed by atoms with van der Waals surface area (Å²) in [7, 11) is 0. The fraction of sp³-hybridized carbons (Fsp3) is 0.250. The molecule has 1 aromatic heterocycles. The molecule has 2 heterocycles. The van der Waals surface area contributed by atoms with Crippen LogP contribution in [0.1, 0.15) is 39.2 Å². The lowest BCUT2D eigenvalue weighted by Crippen LogP contribution is -2.31. The maximum absolute atomic E-state index is 13.1. The highest BCUT2D eigenvalue weighted by Crippen LogP contribution is 2.37. The highest BCUT2D eigenvalue weighted by molar-refractivity contribution is 7.16. The summed E-state index contributed by atoms with van der Waals surface area (Å²) < 4.78 is 0.714. The van der Waals surface area contributed by atoms with Crippen LogP contribution in [-0.4, -0.2) is 18.4 Å². The fourth-order valence-corrected chi connectivity index (χ4v) is 5.03. The molecule has 2 amide bonds. The Hall–Kier alpha value is -2.63. The predicted octanol–water partition coefficient (Wildman–Crippen LogP) is 5.87. The summed E-state index contributed by atoms with van der Waals surface area (Å²) in [4.78, 5) is 28.5. The molecular weight excluding hydrogens is 416 g/mol. The van der Waals surface area contributed by atoms with Crippen LogP contribution in [0.5, 0.6) is 0 Å². The van der Waals surface area contributed by atoms with Gasteiger partial charge in [-0.15, -0.1) is 11.3 Å². The lowest BCUT2D eigenvalue weighted by atomic mass is 10.1. The Labute approximate surface area is 185 Å². The molecule has 2 aromatic carbocycles. The van der Waals surface area contributed by atoms with Gasteiger partial charge in [-0.25, -0.2) is 0 Å². The van der Waals surface area contributed by atoms with Crippen LogP contribution in [-0.2, 0) is 17.6 Å². The normalized spacial score (nSPS) is 13.5. The number of nitrogens with one attached hydrogen (secondary N) is 1. The lowest BCUT2D eigenvalue weighted by molar-refractivity contribution is -0.115. The second-order valence-electron chi connectivity index (χ2n) is 7.50. The molecule has 0 saturated heterocycles. The van der Waals surface area contributed by atoms with Gasteiger partial charge in [0, 0.05) is 22.7 Å². The molecule has 3 aromatic rings. The van der Waals surface area contributed by atoms with Crippen LogP contribution in [0.3, 0.4) is 0 Å². The van der Waals surface area contributed by atoms with Gasteiger partial charge in [0.15, 0.2) is 0 Å². The number of amides is 2. The Kier molecular flexibility index (Phi) is 6.21. The van der Waals surface area contributed by atoms with Gasteiger partial charge in [-0.05, 0) is 67.6 Å². The molecule has 154 valence electrons. The number of carbonyl (C=O) groups excluding carboxylic acids is 2. The number of halogens is 1. The average molecular weight is 439 g/mol. The van der Waals surface area contributed by atoms with Gasteiger partial charge in [-0.2, -0.15) is 0 Å². The summed E-state index contributed by atoms with van der Waals surface area (Å²) in [5.41, 5.74) is 4.32. The summed E-state index contributed by atoms with van der Waals surface area (Å²) in [6.45, 7) is 2.69. The monoisotopic (exact) mass is 438 g/mol. The van der Waals surface area contributed by atoms with Crippen molar-refractivity contribution in [2.45, 2.75) is 32.6 Å². The molecule has 0 bridgehead atoms. The highest BCUT2D eigenvalue weighted by atomic mass is 35.5. The molecule has 0 unspecified atom stereocenters. The molecule has 0 aliphatic carbocycles. The van der Waals surface area contributed by atoms with E-state index in [0.717, 1.165) is 36.1 Å². The molecule has 30 heavy (non-hydrogen) atoms. The number of nitrogens with zero attached hydrogens (tertiary/aromatic N) is 1. The Morgan fingerprint density at radius 1 is 1.10 bits per heavy atom. The van der Waals surface area contributed by atoms with Crippen LogP contribution >= 0.6 is 22.9 Å². The van der Waals surface area contributed by atoms with Crippen molar-refractivity contribution in [3.05, 3.63) is 80.5 Å². The Morgan fingerprint density at radius 2 is 1.87 bits per heavy atom. The van der Waals surface area contributed by atoms with E-state index in [2.05, 4.69) is 5.32 Å². The van der Waals surface area contributed by atoms with Crippen molar-refractivity contribution in [2.24, 2.45) is 0 Å². The number of fused-ring (bicyclic) bond motifs is 1.